The lowest BCUT2D eigenvalue weighted by molar-refractivity contribution is -0.124. The van der Waals surface area contributed by atoms with Gasteiger partial charge in [-0.05, 0) is 20.0 Å². The normalized spacial score (nSPS) is 15.1. The number of hydrogen-bond acceptors (Lipinski definition) is 4. The first kappa shape index (κ1) is 15.3. The van der Waals surface area contributed by atoms with Crippen LogP contribution in [0.4, 0.5) is 0 Å². The maximum atomic E-state index is 11.4. The second kappa shape index (κ2) is 7.60. The molecule has 0 aliphatic rings. The van der Waals surface area contributed by atoms with Crippen LogP contribution in [-0.4, -0.2) is 56.2 Å². The summed E-state index contributed by atoms with van der Waals surface area (Å²) in [7, 11) is 1.67. The predicted molar refractivity (Wildman–Crippen MR) is 65.3 cm³/mol. The largest absolute Gasteiger partial charge is 0.383 e. The fourth-order valence-electron chi connectivity index (χ4n) is 1.63. The van der Waals surface area contributed by atoms with Gasteiger partial charge in [-0.2, -0.15) is 0 Å². The van der Waals surface area contributed by atoms with Gasteiger partial charge in [-0.25, -0.2) is 0 Å². The molecule has 16 heavy (non-hydrogen) atoms. The summed E-state index contributed by atoms with van der Waals surface area (Å²) >= 11 is 0. The summed E-state index contributed by atoms with van der Waals surface area (Å²) in [6.07, 6.45) is 0. The number of carbonyl (C=O) groups is 1. The zero-order valence-corrected chi connectivity index (χ0v) is 10.9. The van der Waals surface area contributed by atoms with E-state index >= 15 is 0 Å². The molecule has 0 fully saturated rings. The molecule has 0 aromatic heterocycles. The standard InChI is InChI=1S/C11H25N3O2/c1-5-13-11(3,10(12)15)9-14(6-2)7-8-16-4/h13H,5-9H2,1-4H3,(H2,12,15). The molecule has 1 amide bonds. The molecule has 0 bridgehead atoms. The van der Waals surface area contributed by atoms with E-state index in [0.717, 1.165) is 19.6 Å². The van der Waals surface area contributed by atoms with Gasteiger partial charge in [0.25, 0.3) is 0 Å². The van der Waals surface area contributed by atoms with E-state index < -0.39 is 5.54 Å². The third-order valence-electron chi connectivity index (χ3n) is 2.71. The van der Waals surface area contributed by atoms with Crippen LogP contribution in [0.1, 0.15) is 20.8 Å². The molecule has 0 radical (unpaired) electrons. The maximum Gasteiger partial charge on any atom is 0.238 e. The van der Waals surface area contributed by atoms with Gasteiger partial charge in [0.05, 0.1) is 6.61 Å². The van der Waals surface area contributed by atoms with Gasteiger partial charge in [0, 0.05) is 20.2 Å². The Labute approximate surface area is 98.3 Å². The van der Waals surface area contributed by atoms with Crippen molar-refractivity contribution in [2.75, 3.05) is 39.9 Å². The number of hydrogen-bond donors (Lipinski definition) is 2. The molecule has 0 spiro atoms. The van der Waals surface area contributed by atoms with Gasteiger partial charge >= 0.3 is 0 Å². The lowest BCUT2D eigenvalue weighted by Gasteiger charge is -2.33. The highest BCUT2D eigenvalue weighted by Crippen LogP contribution is 2.06. The number of nitrogens with two attached hydrogens (primary N) is 1. The van der Waals surface area contributed by atoms with E-state index in [1.807, 2.05) is 13.8 Å². The Morgan fingerprint density at radius 1 is 1.50 bits per heavy atom. The summed E-state index contributed by atoms with van der Waals surface area (Å²) in [5, 5.41) is 3.14. The molecule has 0 saturated carbocycles. The van der Waals surface area contributed by atoms with E-state index in [0.29, 0.717) is 13.2 Å². The van der Waals surface area contributed by atoms with Crippen molar-refractivity contribution in [2.45, 2.75) is 26.3 Å². The minimum Gasteiger partial charge on any atom is -0.383 e. The highest BCUT2D eigenvalue weighted by atomic mass is 16.5. The van der Waals surface area contributed by atoms with Crippen LogP contribution in [0, 0.1) is 0 Å². The van der Waals surface area contributed by atoms with Crippen LogP contribution >= 0.6 is 0 Å². The molecule has 1 unspecified atom stereocenters. The average molecular weight is 231 g/mol. The Kier molecular flexibility index (Phi) is 7.29. The van der Waals surface area contributed by atoms with Crippen LogP contribution in [0.15, 0.2) is 0 Å². The zero-order valence-electron chi connectivity index (χ0n) is 10.9. The van der Waals surface area contributed by atoms with Crippen LogP contribution in [-0.2, 0) is 9.53 Å². The van der Waals surface area contributed by atoms with Gasteiger partial charge in [0.1, 0.15) is 5.54 Å². The Hall–Kier alpha value is -0.650. The highest BCUT2D eigenvalue weighted by molar-refractivity contribution is 5.84. The number of rotatable bonds is 9. The molecule has 5 heteroatoms. The molecule has 5 nitrogen and oxygen atoms in total. The third kappa shape index (κ3) is 4.92. The van der Waals surface area contributed by atoms with Gasteiger partial charge in [-0.15, -0.1) is 0 Å². The number of carbonyl (C=O) groups excluding carboxylic acids is 1. The minimum atomic E-state index is -0.668. The second-order valence-corrected chi connectivity index (χ2v) is 4.09. The van der Waals surface area contributed by atoms with Crippen molar-refractivity contribution in [2.24, 2.45) is 5.73 Å². The van der Waals surface area contributed by atoms with E-state index in [1.165, 1.54) is 0 Å². The van der Waals surface area contributed by atoms with E-state index in [-0.39, 0.29) is 5.91 Å². The van der Waals surface area contributed by atoms with Crippen LogP contribution in [0.3, 0.4) is 0 Å². The van der Waals surface area contributed by atoms with Crippen molar-refractivity contribution < 1.29 is 9.53 Å². The molecule has 0 aromatic carbocycles. The molecular formula is C11H25N3O2. The smallest absolute Gasteiger partial charge is 0.238 e. The molecule has 0 aliphatic heterocycles. The quantitative estimate of drug-likeness (QED) is 0.577. The van der Waals surface area contributed by atoms with E-state index in [4.69, 9.17) is 10.5 Å². The summed E-state index contributed by atoms with van der Waals surface area (Å²) in [4.78, 5) is 13.6. The first-order chi connectivity index (χ1) is 7.50. The number of nitrogens with zero attached hydrogens (tertiary/aromatic N) is 1. The van der Waals surface area contributed by atoms with E-state index in [9.17, 15) is 4.79 Å². The fourth-order valence-corrected chi connectivity index (χ4v) is 1.63. The van der Waals surface area contributed by atoms with Crippen molar-refractivity contribution in [3.63, 3.8) is 0 Å². The molecular weight excluding hydrogens is 206 g/mol. The Morgan fingerprint density at radius 3 is 2.50 bits per heavy atom. The zero-order chi connectivity index (χ0) is 12.6. The number of primary amides is 1. The number of ether oxygens (including phenoxy) is 1. The molecule has 0 aromatic rings. The van der Waals surface area contributed by atoms with Crippen LogP contribution < -0.4 is 11.1 Å². The molecule has 0 saturated heterocycles. The summed E-state index contributed by atoms with van der Waals surface area (Å²) < 4.78 is 5.03. The van der Waals surface area contributed by atoms with Gasteiger partial charge in [0.15, 0.2) is 0 Å². The van der Waals surface area contributed by atoms with Crippen molar-refractivity contribution in [1.29, 1.82) is 0 Å². The van der Waals surface area contributed by atoms with Crippen LogP contribution in [0.5, 0.6) is 0 Å². The minimum absolute atomic E-state index is 0.315. The predicted octanol–water partition coefficient (Wildman–Crippen LogP) is -0.192. The number of methoxy groups -OCH3 is 1. The molecule has 0 aliphatic carbocycles. The molecule has 1 atom stereocenters. The van der Waals surface area contributed by atoms with E-state index in [2.05, 4.69) is 17.1 Å². The summed E-state index contributed by atoms with van der Waals surface area (Å²) in [6, 6.07) is 0. The van der Waals surface area contributed by atoms with Gasteiger partial charge in [-0.3, -0.25) is 9.69 Å². The lowest BCUT2D eigenvalue weighted by atomic mass is 10.0. The lowest BCUT2D eigenvalue weighted by Crippen LogP contribution is -2.59. The topological polar surface area (TPSA) is 67.6 Å². The Bertz CT molecular complexity index is 211. The average Bonchev–Trinajstić information content (AvgIpc) is 2.24. The van der Waals surface area contributed by atoms with Gasteiger partial charge in [0.2, 0.25) is 5.91 Å². The molecule has 96 valence electrons. The van der Waals surface area contributed by atoms with E-state index in [1.54, 1.807) is 7.11 Å². The fraction of sp³-hybridized carbons (Fsp3) is 0.909. The molecule has 0 rings (SSSR count). The summed E-state index contributed by atoms with van der Waals surface area (Å²) in [5.74, 6) is -0.315. The summed E-state index contributed by atoms with van der Waals surface area (Å²) in [5.41, 5.74) is 4.76. The van der Waals surface area contributed by atoms with Gasteiger partial charge < -0.3 is 15.8 Å². The Morgan fingerprint density at radius 2 is 2.12 bits per heavy atom. The van der Waals surface area contributed by atoms with Crippen LogP contribution in [0.2, 0.25) is 0 Å². The maximum absolute atomic E-state index is 11.4. The third-order valence-corrected chi connectivity index (χ3v) is 2.71. The summed E-state index contributed by atoms with van der Waals surface area (Å²) in [6.45, 7) is 9.54. The van der Waals surface area contributed by atoms with Crippen molar-refractivity contribution >= 4 is 5.91 Å². The monoisotopic (exact) mass is 231 g/mol. The van der Waals surface area contributed by atoms with Crippen molar-refractivity contribution in [1.82, 2.24) is 10.2 Å². The highest BCUT2D eigenvalue weighted by Gasteiger charge is 2.31. The van der Waals surface area contributed by atoms with Crippen LogP contribution in [0.25, 0.3) is 0 Å². The molecule has 0 heterocycles. The first-order valence-corrected chi connectivity index (χ1v) is 5.76. The number of nitrogens with one attached hydrogen (secondary N) is 1. The Balaban J connectivity index is 4.40. The number of amides is 1. The van der Waals surface area contributed by atoms with Crippen molar-refractivity contribution in [3.05, 3.63) is 0 Å². The SMILES string of the molecule is CCNC(C)(CN(CC)CCOC)C(N)=O. The van der Waals surface area contributed by atoms with Gasteiger partial charge in [-0.1, -0.05) is 13.8 Å². The number of likely N-dealkylation sites (N-methyl/N-ethyl adjacent to an activating group) is 2. The molecule has 3 N–H and O–H groups in total. The first-order valence-electron chi connectivity index (χ1n) is 5.76. The second-order valence-electron chi connectivity index (χ2n) is 4.09. The van der Waals surface area contributed by atoms with Crippen molar-refractivity contribution in [3.8, 4) is 0 Å².